The van der Waals surface area contributed by atoms with Gasteiger partial charge in [-0.3, -0.25) is 0 Å². The molecule has 25 heavy (non-hydrogen) atoms. The monoisotopic (exact) mass is 341 g/mol. The second-order valence-corrected chi connectivity index (χ2v) is 7.09. The van der Waals surface area contributed by atoms with Crippen LogP contribution in [0.4, 0.5) is 5.88 Å². The average molecular weight is 341 g/mol. The topological polar surface area (TPSA) is 92.0 Å². The van der Waals surface area contributed by atoms with Crippen molar-refractivity contribution in [3.8, 4) is 6.07 Å². The van der Waals surface area contributed by atoms with Crippen molar-refractivity contribution in [3.05, 3.63) is 23.3 Å². The molecule has 0 bridgehead atoms. The van der Waals surface area contributed by atoms with Gasteiger partial charge in [0.15, 0.2) is 11.7 Å². The van der Waals surface area contributed by atoms with Crippen LogP contribution < -0.4 is 4.90 Å². The molecule has 1 aliphatic heterocycles. The third-order valence-electron chi connectivity index (χ3n) is 5.38. The molecule has 3 heterocycles. The lowest BCUT2D eigenvalue weighted by atomic mass is 9.89. The summed E-state index contributed by atoms with van der Waals surface area (Å²) in [7, 11) is 0. The normalized spacial score (nSPS) is 19.9. The number of nitrogens with zero attached hydrogens (tertiary/aromatic N) is 5. The molecule has 0 atom stereocenters. The highest BCUT2D eigenvalue weighted by atomic mass is 16.5. The Morgan fingerprint density at radius 1 is 1.04 bits per heavy atom. The quantitative estimate of drug-likeness (QED) is 0.841. The number of nitriles is 1. The first kappa shape index (κ1) is 16.1. The Morgan fingerprint density at radius 3 is 2.52 bits per heavy atom. The van der Waals surface area contributed by atoms with Gasteiger partial charge in [-0.15, -0.1) is 0 Å². The van der Waals surface area contributed by atoms with Crippen LogP contribution in [-0.2, 0) is 0 Å². The molecule has 0 amide bonds. The molecule has 7 heteroatoms. The third-order valence-corrected chi connectivity index (χ3v) is 5.38. The first-order valence-corrected chi connectivity index (χ1v) is 9.20. The number of oxazole rings is 1. The Balaban J connectivity index is 1.40. The zero-order valence-corrected chi connectivity index (χ0v) is 14.6. The van der Waals surface area contributed by atoms with Crippen LogP contribution in [0, 0.1) is 18.3 Å². The molecular weight excluding hydrogens is 318 g/mol. The Labute approximate surface area is 147 Å². The van der Waals surface area contributed by atoms with Gasteiger partial charge in [0.2, 0.25) is 17.5 Å². The number of rotatable bonds is 3. The zero-order chi connectivity index (χ0) is 17.2. The van der Waals surface area contributed by atoms with Crippen LogP contribution in [0.2, 0.25) is 0 Å². The van der Waals surface area contributed by atoms with Crippen LogP contribution in [0.25, 0.3) is 0 Å². The molecule has 0 radical (unpaired) electrons. The van der Waals surface area contributed by atoms with Crippen molar-refractivity contribution in [3.63, 3.8) is 0 Å². The first-order valence-electron chi connectivity index (χ1n) is 9.20. The number of anilines is 1. The van der Waals surface area contributed by atoms with Gasteiger partial charge in [-0.2, -0.15) is 10.2 Å². The van der Waals surface area contributed by atoms with Crippen LogP contribution in [0.3, 0.4) is 0 Å². The standard InChI is InChI=1S/C18H23N5O2/c1-12-20-15(11-19)18(24-12)23-9-7-14(8-10-23)17-21-16(22-25-17)13-5-3-2-4-6-13/h13-14H,2-10H2,1H3. The van der Waals surface area contributed by atoms with Crippen LogP contribution >= 0.6 is 0 Å². The largest absolute Gasteiger partial charge is 0.424 e. The Kier molecular flexibility index (Phi) is 4.43. The molecule has 2 aliphatic rings. The van der Waals surface area contributed by atoms with Crippen molar-refractivity contribution in [2.24, 2.45) is 0 Å². The van der Waals surface area contributed by atoms with Crippen molar-refractivity contribution in [2.75, 3.05) is 18.0 Å². The second kappa shape index (κ2) is 6.87. The summed E-state index contributed by atoms with van der Waals surface area (Å²) in [6, 6.07) is 2.11. The maximum Gasteiger partial charge on any atom is 0.234 e. The fourth-order valence-electron chi connectivity index (χ4n) is 3.97. The van der Waals surface area contributed by atoms with E-state index in [2.05, 4.69) is 21.1 Å². The van der Waals surface area contributed by atoms with Gasteiger partial charge in [0, 0.05) is 31.8 Å². The fourth-order valence-corrected chi connectivity index (χ4v) is 3.97. The molecule has 2 fully saturated rings. The maximum atomic E-state index is 9.19. The molecule has 4 rings (SSSR count). The number of piperidine rings is 1. The highest BCUT2D eigenvalue weighted by Gasteiger charge is 2.29. The SMILES string of the molecule is Cc1nc(C#N)c(N2CCC(c3nc(C4CCCCC4)no3)CC2)o1. The van der Waals surface area contributed by atoms with Crippen molar-refractivity contribution < 1.29 is 8.94 Å². The first-order chi connectivity index (χ1) is 12.2. The molecule has 0 spiro atoms. The van der Waals surface area contributed by atoms with Gasteiger partial charge in [0.25, 0.3) is 0 Å². The van der Waals surface area contributed by atoms with Crippen LogP contribution in [0.5, 0.6) is 0 Å². The van der Waals surface area contributed by atoms with E-state index >= 15 is 0 Å². The summed E-state index contributed by atoms with van der Waals surface area (Å²) in [5, 5.41) is 13.4. The van der Waals surface area contributed by atoms with Crippen molar-refractivity contribution in [1.29, 1.82) is 5.26 Å². The smallest absolute Gasteiger partial charge is 0.234 e. The minimum atomic E-state index is 0.288. The van der Waals surface area contributed by atoms with Gasteiger partial charge in [0.1, 0.15) is 6.07 Å². The minimum Gasteiger partial charge on any atom is -0.424 e. The summed E-state index contributed by atoms with van der Waals surface area (Å²) >= 11 is 0. The minimum absolute atomic E-state index is 0.288. The molecular formula is C18H23N5O2. The van der Waals surface area contributed by atoms with Gasteiger partial charge in [-0.25, -0.2) is 4.98 Å². The van der Waals surface area contributed by atoms with Crippen molar-refractivity contribution in [2.45, 2.75) is 63.7 Å². The third kappa shape index (κ3) is 3.26. The molecule has 0 N–H and O–H groups in total. The van der Waals surface area contributed by atoms with E-state index in [9.17, 15) is 5.26 Å². The molecule has 1 saturated heterocycles. The fraction of sp³-hybridized carbons (Fsp3) is 0.667. The Bertz CT molecular complexity index is 761. The van der Waals surface area contributed by atoms with E-state index in [-0.39, 0.29) is 5.92 Å². The van der Waals surface area contributed by atoms with E-state index in [1.165, 1.54) is 32.1 Å². The summed E-state index contributed by atoms with van der Waals surface area (Å²) in [4.78, 5) is 10.9. The maximum absolute atomic E-state index is 9.19. The van der Waals surface area contributed by atoms with E-state index in [1.807, 2.05) is 0 Å². The van der Waals surface area contributed by atoms with Gasteiger partial charge in [-0.1, -0.05) is 24.4 Å². The average Bonchev–Trinajstić information content (AvgIpc) is 3.29. The predicted octanol–water partition coefficient (Wildman–Crippen LogP) is 3.67. The van der Waals surface area contributed by atoms with E-state index in [0.29, 0.717) is 23.4 Å². The molecule has 2 aromatic rings. The zero-order valence-electron chi connectivity index (χ0n) is 14.6. The molecule has 1 saturated carbocycles. The van der Waals surface area contributed by atoms with Gasteiger partial charge in [0.05, 0.1) is 0 Å². The lowest BCUT2D eigenvalue weighted by Gasteiger charge is -2.29. The summed E-state index contributed by atoms with van der Waals surface area (Å²) in [5.41, 5.74) is 0.369. The Hall–Kier alpha value is -2.36. The van der Waals surface area contributed by atoms with Gasteiger partial charge < -0.3 is 13.8 Å². The Morgan fingerprint density at radius 2 is 1.80 bits per heavy atom. The van der Waals surface area contributed by atoms with E-state index in [4.69, 9.17) is 13.9 Å². The lowest BCUT2D eigenvalue weighted by Crippen LogP contribution is -2.33. The van der Waals surface area contributed by atoms with Crippen molar-refractivity contribution in [1.82, 2.24) is 15.1 Å². The molecule has 7 nitrogen and oxygen atoms in total. The van der Waals surface area contributed by atoms with Crippen LogP contribution in [0.1, 0.15) is 80.1 Å². The van der Waals surface area contributed by atoms with Crippen molar-refractivity contribution >= 4 is 5.88 Å². The summed E-state index contributed by atoms with van der Waals surface area (Å²) < 4.78 is 11.2. The summed E-state index contributed by atoms with van der Waals surface area (Å²) in [6.07, 6.45) is 8.05. The number of hydrogen-bond donors (Lipinski definition) is 0. The second-order valence-electron chi connectivity index (χ2n) is 7.09. The molecule has 132 valence electrons. The van der Waals surface area contributed by atoms with Crippen LogP contribution in [-0.4, -0.2) is 28.2 Å². The molecule has 0 unspecified atom stereocenters. The van der Waals surface area contributed by atoms with E-state index in [0.717, 1.165) is 37.6 Å². The number of aromatic nitrogens is 3. The van der Waals surface area contributed by atoms with E-state index < -0.39 is 0 Å². The summed E-state index contributed by atoms with van der Waals surface area (Å²) in [6.45, 7) is 3.37. The molecule has 1 aliphatic carbocycles. The van der Waals surface area contributed by atoms with Gasteiger partial charge >= 0.3 is 0 Å². The molecule has 0 aromatic carbocycles. The summed E-state index contributed by atoms with van der Waals surface area (Å²) in [5.74, 6) is 3.55. The number of hydrogen-bond acceptors (Lipinski definition) is 7. The highest BCUT2D eigenvalue weighted by molar-refractivity contribution is 5.48. The van der Waals surface area contributed by atoms with Gasteiger partial charge in [-0.05, 0) is 25.7 Å². The highest BCUT2D eigenvalue weighted by Crippen LogP contribution is 2.34. The number of aryl methyl sites for hydroxylation is 1. The molecule has 2 aromatic heterocycles. The lowest BCUT2D eigenvalue weighted by molar-refractivity contribution is 0.319. The predicted molar refractivity (Wildman–Crippen MR) is 90.3 cm³/mol. The van der Waals surface area contributed by atoms with Crippen LogP contribution in [0.15, 0.2) is 8.94 Å². The van der Waals surface area contributed by atoms with E-state index in [1.54, 1.807) is 6.92 Å².